The van der Waals surface area contributed by atoms with Crippen LogP contribution in [0.4, 0.5) is 0 Å². The summed E-state index contributed by atoms with van der Waals surface area (Å²) in [4.78, 5) is 12.5. The molecule has 0 spiro atoms. The fourth-order valence-electron chi connectivity index (χ4n) is 2.75. The average Bonchev–Trinajstić information content (AvgIpc) is 3.02. The molecule has 2 N–H and O–H groups in total. The van der Waals surface area contributed by atoms with Gasteiger partial charge in [0.1, 0.15) is 0 Å². The zero-order valence-corrected chi connectivity index (χ0v) is 12.0. The van der Waals surface area contributed by atoms with E-state index in [1.807, 2.05) is 42.5 Å². The molecule has 0 radical (unpaired) electrons. The average molecular weight is 280 g/mol. The zero-order chi connectivity index (χ0) is 14.5. The van der Waals surface area contributed by atoms with Crippen LogP contribution in [0.25, 0.3) is 0 Å². The molecule has 0 bridgehead atoms. The molecule has 2 aromatic carbocycles. The molecule has 0 aliphatic carbocycles. The van der Waals surface area contributed by atoms with E-state index in [4.69, 9.17) is 0 Å². The summed E-state index contributed by atoms with van der Waals surface area (Å²) in [5.41, 5.74) is 3.08. The van der Waals surface area contributed by atoms with Gasteiger partial charge in [-0.3, -0.25) is 4.79 Å². The molecular weight excluding hydrogens is 260 g/mol. The van der Waals surface area contributed by atoms with Gasteiger partial charge in [-0.1, -0.05) is 48.5 Å². The van der Waals surface area contributed by atoms with Crippen molar-refractivity contribution < 1.29 is 4.79 Å². The number of carbonyl (C=O) groups is 1. The van der Waals surface area contributed by atoms with Crippen molar-refractivity contribution >= 4 is 5.91 Å². The minimum Gasteiger partial charge on any atom is -0.348 e. The van der Waals surface area contributed by atoms with E-state index in [0.29, 0.717) is 0 Å². The summed E-state index contributed by atoms with van der Waals surface area (Å²) < 4.78 is 0. The van der Waals surface area contributed by atoms with Gasteiger partial charge in [0.15, 0.2) is 0 Å². The first-order chi connectivity index (χ1) is 10.3. The van der Waals surface area contributed by atoms with Gasteiger partial charge in [-0.25, -0.2) is 0 Å². The van der Waals surface area contributed by atoms with E-state index in [-0.39, 0.29) is 11.9 Å². The van der Waals surface area contributed by atoms with Gasteiger partial charge in [0.25, 0.3) is 5.91 Å². The second kappa shape index (κ2) is 6.55. The lowest BCUT2D eigenvalue weighted by atomic mass is 9.99. The quantitative estimate of drug-likeness (QED) is 0.903. The lowest BCUT2D eigenvalue weighted by Gasteiger charge is -2.14. The summed E-state index contributed by atoms with van der Waals surface area (Å²) in [6.45, 7) is 1.85. The summed E-state index contributed by atoms with van der Waals surface area (Å²) in [6, 6.07) is 18.4. The Labute approximate surface area is 125 Å². The third-order valence-electron chi connectivity index (χ3n) is 3.89. The highest BCUT2D eigenvalue weighted by Crippen LogP contribution is 2.15. The summed E-state index contributed by atoms with van der Waals surface area (Å²) in [7, 11) is 0. The van der Waals surface area contributed by atoms with Crippen molar-refractivity contribution in [3.8, 4) is 0 Å². The molecule has 1 saturated heterocycles. The molecule has 21 heavy (non-hydrogen) atoms. The molecule has 1 heterocycles. The maximum atomic E-state index is 12.5. The number of carbonyl (C=O) groups excluding carboxylic acids is 1. The van der Waals surface area contributed by atoms with Crippen molar-refractivity contribution in [3.05, 3.63) is 71.3 Å². The first-order valence-electron chi connectivity index (χ1n) is 7.46. The highest BCUT2D eigenvalue weighted by atomic mass is 16.1. The Kier molecular flexibility index (Phi) is 4.31. The SMILES string of the molecule is O=C(NC1CCNC1)c1ccccc1Cc1ccccc1. The van der Waals surface area contributed by atoms with Crippen LogP contribution in [0.3, 0.4) is 0 Å². The summed E-state index contributed by atoms with van der Waals surface area (Å²) in [5, 5.41) is 6.39. The van der Waals surface area contributed by atoms with Crippen LogP contribution in [-0.4, -0.2) is 25.0 Å². The van der Waals surface area contributed by atoms with Crippen LogP contribution in [0.15, 0.2) is 54.6 Å². The number of hydrogen-bond acceptors (Lipinski definition) is 2. The standard InChI is InChI=1S/C18H20N2O/c21-18(20-16-10-11-19-13-16)17-9-5-4-8-15(17)12-14-6-2-1-3-7-14/h1-9,16,19H,10-13H2,(H,20,21). The predicted molar refractivity (Wildman–Crippen MR) is 84.4 cm³/mol. The molecule has 3 heteroatoms. The molecule has 0 saturated carbocycles. The van der Waals surface area contributed by atoms with Gasteiger partial charge in [0.05, 0.1) is 0 Å². The van der Waals surface area contributed by atoms with Crippen molar-refractivity contribution in [2.24, 2.45) is 0 Å². The molecule has 1 amide bonds. The van der Waals surface area contributed by atoms with Crippen LogP contribution in [0.1, 0.15) is 27.9 Å². The van der Waals surface area contributed by atoms with Crippen molar-refractivity contribution in [1.82, 2.24) is 10.6 Å². The molecule has 1 fully saturated rings. The monoisotopic (exact) mass is 280 g/mol. The van der Waals surface area contributed by atoms with E-state index in [1.165, 1.54) is 5.56 Å². The first-order valence-corrected chi connectivity index (χ1v) is 7.46. The van der Waals surface area contributed by atoms with E-state index in [2.05, 4.69) is 22.8 Å². The van der Waals surface area contributed by atoms with Gasteiger partial charge in [-0.05, 0) is 36.6 Å². The summed E-state index contributed by atoms with van der Waals surface area (Å²) >= 11 is 0. The van der Waals surface area contributed by atoms with Gasteiger partial charge in [0.2, 0.25) is 0 Å². The summed E-state index contributed by atoms with van der Waals surface area (Å²) in [6.07, 6.45) is 1.79. The van der Waals surface area contributed by atoms with Crippen molar-refractivity contribution in [3.63, 3.8) is 0 Å². The Balaban J connectivity index is 1.77. The lowest BCUT2D eigenvalue weighted by Crippen LogP contribution is -2.36. The normalized spacial score (nSPS) is 17.6. The molecule has 1 unspecified atom stereocenters. The van der Waals surface area contributed by atoms with Gasteiger partial charge in [-0.2, -0.15) is 0 Å². The Morgan fingerprint density at radius 2 is 1.86 bits per heavy atom. The minimum atomic E-state index is 0.0373. The third-order valence-corrected chi connectivity index (χ3v) is 3.89. The maximum absolute atomic E-state index is 12.5. The fraction of sp³-hybridized carbons (Fsp3) is 0.278. The van der Waals surface area contributed by atoms with Crippen LogP contribution >= 0.6 is 0 Å². The highest BCUT2D eigenvalue weighted by molar-refractivity contribution is 5.96. The molecule has 0 aromatic heterocycles. The van der Waals surface area contributed by atoms with Gasteiger partial charge < -0.3 is 10.6 Å². The maximum Gasteiger partial charge on any atom is 0.251 e. The first kappa shape index (κ1) is 13.8. The number of nitrogens with one attached hydrogen (secondary N) is 2. The molecule has 1 aliphatic rings. The van der Waals surface area contributed by atoms with Gasteiger partial charge >= 0.3 is 0 Å². The smallest absolute Gasteiger partial charge is 0.251 e. The number of hydrogen-bond donors (Lipinski definition) is 2. The Hall–Kier alpha value is -2.13. The van der Waals surface area contributed by atoms with E-state index in [9.17, 15) is 4.79 Å². The van der Waals surface area contributed by atoms with E-state index >= 15 is 0 Å². The van der Waals surface area contributed by atoms with Crippen LogP contribution in [0.2, 0.25) is 0 Å². The Bertz CT molecular complexity index is 604. The van der Waals surface area contributed by atoms with Crippen LogP contribution < -0.4 is 10.6 Å². The highest BCUT2D eigenvalue weighted by Gasteiger charge is 2.19. The van der Waals surface area contributed by atoms with Crippen molar-refractivity contribution in [2.75, 3.05) is 13.1 Å². The van der Waals surface area contributed by atoms with Crippen LogP contribution in [0.5, 0.6) is 0 Å². The Morgan fingerprint density at radius 3 is 2.62 bits per heavy atom. The predicted octanol–water partition coefficient (Wildman–Crippen LogP) is 2.37. The van der Waals surface area contributed by atoms with Crippen molar-refractivity contribution in [2.45, 2.75) is 18.9 Å². The zero-order valence-electron chi connectivity index (χ0n) is 12.0. The largest absolute Gasteiger partial charge is 0.348 e. The van der Waals surface area contributed by atoms with E-state index in [0.717, 1.165) is 37.1 Å². The second-order valence-electron chi connectivity index (χ2n) is 5.48. The van der Waals surface area contributed by atoms with Crippen molar-refractivity contribution in [1.29, 1.82) is 0 Å². The molecule has 3 nitrogen and oxygen atoms in total. The molecule has 3 rings (SSSR count). The second-order valence-corrected chi connectivity index (χ2v) is 5.48. The van der Waals surface area contributed by atoms with Crippen LogP contribution in [0, 0.1) is 0 Å². The third kappa shape index (κ3) is 3.50. The fourth-order valence-corrected chi connectivity index (χ4v) is 2.75. The van der Waals surface area contributed by atoms with E-state index < -0.39 is 0 Å². The molecule has 108 valence electrons. The number of rotatable bonds is 4. The van der Waals surface area contributed by atoms with E-state index in [1.54, 1.807) is 0 Å². The summed E-state index contributed by atoms with van der Waals surface area (Å²) in [5.74, 6) is 0.0373. The molecule has 1 aliphatic heterocycles. The molecule has 2 aromatic rings. The van der Waals surface area contributed by atoms with Gasteiger partial charge in [-0.15, -0.1) is 0 Å². The molecular formula is C18H20N2O. The van der Waals surface area contributed by atoms with Crippen LogP contribution in [-0.2, 0) is 6.42 Å². The minimum absolute atomic E-state index is 0.0373. The molecule has 1 atom stereocenters. The topological polar surface area (TPSA) is 41.1 Å². The Morgan fingerprint density at radius 1 is 1.10 bits per heavy atom. The number of amides is 1. The number of benzene rings is 2. The lowest BCUT2D eigenvalue weighted by molar-refractivity contribution is 0.0939. The van der Waals surface area contributed by atoms with Gasteiger partial charge in [0, 0.05) is 18.2 Å².